The molecular weight excluding hydrogens is 623 g/mol. The first-order chi connectivity index (χ1) is 22.8. The van der Waals surface area contributed by atoms with Gasteiger partial charge in [0.05, 0.1) is 17.3 Å². The summed E-state index contributed by atoms with van der Waals surface area (Å²) < 4.78 is 47.4. The Labute approximate surface area is 278 Å². The molecule has 0 radical (unpaired) electrons. The number of alkyl halides is 3. The maximum absolute atomic E-state index is 14.0. The Morgan fingerprint density at radius 2 is 1.62 bits per heavy atom. The highest BCUT2D eigenvalue weighted by Crippen LogP contribution is 2.33. The SMILES string of the molecule is CC(C)(C)OC(=O)N1CCN(Cc2ccc(-c3cc(N4CCCC4C(=O)NCCc4ccc(C#N)cc4)nc(C(F)(F)F)n3)cc2)CC1. The van der Waals surface area contributed by atoms with Gasteiger partial charge in [0.15, 0.2) is 0 Å². The van der Waals surface area contributed by atoms with Crippen molar-refractivity contribution in [2.75, 3.05) is 44.2 Å². The van der Waals surface area contributed by atoms with Gasteiger partial charge in [0, 0.05) is 57.4 Å². The second-order valence-electron chi connectivity index (χ2n) is 13.1. The molecule has 48 heavy (non-hydrogen) atoms. The molecule has 0 saturated carbocycles. The zero-order valence-corrected chi connectivity index (χ0v) is 27.4. The summed E-state index contributed by atoms with van der Waals surface area (Å²) in [6.07, 6.45) is -3.42. The number of amides is 2. The van der Waals surface area contributed by atoms with E-state index in [1.165, 1.54) is 6.07 Å². The molecule has 2 saturated heterocycles. The summed E-state index contributed by atoms with van der Waals surface area (Å²) in [7, 11) is 0. The molecule has 3 aromatic rings. The maximum Gasteiger partial charge on any atom is 0.451 e. The molecule has 0 bridgehead atoms. The normalized spacial score (nSPS) is 17.2. The molecule has 254 valence electrons. The molecular formula is C35H40F3N7O3. The Morgan fingerprint density at radius 3 is 2.25 bits per heavy atom. The van der Waals surface area contributed by atoms with Crippen molar-refractivity contribution in [3.05, 3.63) is 77.1 Å². The van der Waals surface area contributed by atoms with Gasteiger partial charge in [-0.3, -0.25) is 9.69 Å². The van der Waals surface area contributed by atoms with Crippen LogP contribution >= 0.6 is 0 Å². The van der Waals surface area contributed by atoms with E-state index in [9.17, 15) is 22.8 Å². The lowest BCUT2D eigenvalue weighted by molar-refractivity contribution is -0.144. The Bertz CT molecular complexity index is 1630. The Balaban J connectivity index is 1.24. The van der Waals surface area contributed by atoms with Gasteiger partial charge >= 0.3 is 12.3 Å². The molecule has 10 nitrogen and oxygen atoms in total. The summed E-state index contributed by atoms with van der Waals surface area (Å²) in [5, 5.41) is 11.9. The van der Waals surface area contributed by atoms with Crippen LogP contribution in [-0.4, -0.2) is 82.7 Å². The van der Waals surface area contributed by atoms with Crippen molar-refractivity contribution in [3.63, 3.8) is 0 Å². The fourth-order valence-electron chi connectivity index (χ4n) is 5.82. The van der Waals surface area contributed by atoms with E-state index in [2.05, 4.69) is 26.3 Å². The van der Waals surface area contributed by atoms with E-state index in [-0.39, 0.29) is 23.5 Å². The lowest BCUT2D eigenvalue weighted by Gasteiger charge is -2.35. The van der Waals surface area contributed by atoms with Crippen molar-refractivity contribution >= 4 is 17.8 Å². The van der Waals surface area contributed by atoms with Crippen LogP contribution in [0.4, 0.5) is 23.8 Å². The average molecular weight is 664 g/mol. The predicted octanol–water partition coefficient (Wildman–Crippen LogP) is 5.41. The number of carbonyl (C=O) groups is 2. The number of anilines is 1. The van der Waals surface area contributed by atoms with Crippen molar-refractivity contribution in [1.82, 2.24) is 25.1 Å². The van der Waals surface area contributed by atoms with Crippen LogP contribution in [0.5, 0.6) is 0 Å². The summed E-state index contributed by atoms with van der Waals surface area (Å²) in [5.41, 5.74) is 2.56. The van der Waals surface area contributed by atoms with Crippen LogP contribution in [0.1, 0.15) is 56.1 Å². The number of piperazine rings is 1. The maximum atomic E-state index is 14.0. The summed E-state index contributed by atoms with van der Waals surface area (Å²) in [6, 6.07) is 17.2. The number of nitrogens with one attached hydrogen (secondary N) is 1. The van der Waals surface area contributed by atoms with Gasteiger partial charge in [-0.15, -0.1) is 0 Å². The highest BCUT2D eigenvalue weighted by Gasteiger charge is 2.38. The molecule has 3 heterocycles. The minimum Gasteiger partial charge on any atom is -0.444 e. The third kappa shape index (κ3) is 9.01. The van der Waals surface area contributed by atoms with Gasteiger partial charge in [-0.25, -0.2) is 14.8 Å². The van der Waals surface area contributed by atoms with Gasteiger partial charge in [-0.1, -0.05) is 36.4 Å². The van der Waals surface area contributed by atoms with Crippen LogP contribution in [0.3, 0.4) is 0 Å². The molecule has 1 atom stereocenters. The highest BCUT2D eigenvalue weighted by atomic mass is 19.4. The third-order valence-corrected chi connectivity index (χ3v) is 8.29. The molecule has 13 heteroatoms. The van der Waals surface area contributed by atoms with Gasteiger partial charge in [0.2, 0.25) is 11.7 Å². The van der Waals surface area contributed by atoms with E-state index in [1.54, 1.807) is 34.1 Å². The molecule has 2 aliphatic heterocycles. The van der Waals surface area contributed by atoms with E-state index in [0.717, 1.165) is 11.1 Å². The van der Waals surface area contributed by atoms with Crippen molar-refractivity contribution in [3.8, 4) is 17.3 Å². The number of aromatic nitrogens is 2. The number of nitrogens with zero attached hydrogens (tertiary/aromatic N) is 6. The van der Waals surface area contributed by atoms with E-state index >= 15 is 0 Å². The van der Waals surface area contributed by atoms with Crippen LogP contribution in [0, 0.1) is 11.3 Å². The molecule has 1 N–H and O–H groups in total. The molecule has 2 aliphatic rings. The zero-order chi connectivity index (χ0) is 34.5. The predicted molar refractivity (Wildman–Crippen MR) is 174 cm³/mol. The van der Waals surface area contributed by atoms with Crippen LogP contribution in [-0.2, 0) is 28.7 Å². The molecule has 5 rings (SSSR count). The van der Waals surface area contributed by atoms with Crippen LogP contribution in [0.15, 0.2) is 54.6 Å². The molecule has 0 aliphatic carbocycles. The molecule has 1 aromatic heterocycles. The number of carbonyl (C=O) groups excluding carboxylic acids is 2. The monoisotopic (exact) mass is 663 g/mol. The van der Waals surface area contributed by atoms with Crippen molar-refractivity contribution in [1.29, 1.82) is 5.26 Å². The quantitative estimate of drug-likeness (QED) is 0.340. The standard InChI is InChI=1S/C35H40F3N7O3/c1-34(2,3)48-33(47)44-19-17-43(18-20-44)23-26-10-12-27(13-11-26)28-21-30(42-32(41-28)35(36,37)38)45-16-4-5-29(45)31(46)40-15-14-24-6-8-25(22-39)9-7-24/h6-13,21,29H,4-5,14-20,23H2,1-3H3,(H,40,46). The summed E-state index contributed by atoms with van der Waals surface area (Å²) in [6.45, 7) is 9.31. The molecule has 2 aromatic carbocycles. The summed E-state index contributed by atoms with van der Waals surface area (Å²) in [5.74, 6) is -1.47. The molecule has 2 fully saturated rings. The van der Waals surface area contributed by atoms with E-state index in [1.807, 2.05) is 45.0 Å². The summed E-state index contributed by atoms with van der Waals surface area (Å²) in [4.78, 5) is 38.8. The lowest BCUT2D eigenvalue weighted by atomic mass is 10.1. The first kappa shape index (κ1) is 34.6. The first-order valence-electron chi connectivity index (χ1n) is 16.1. The number of rotatable bonds is 8. The van der Waals surface area contributed by atoms with E-state index < -0.39 is 23.6 Å². The topological polar surface area (TPSA) is 115 Å². The third-order valence-electron chi connectivity index (χ3n) is 8.29. The fourth-order valence-corrected chi connectivity index (χ4v) is 5.82. The average Bonchev–Trinajstić information content (AvgIpc) is 3.55. The van der Waals surface area contributed by atoms with Crippen LogP contribution < -0.4 is 10.2 Å². The number of ether oxygens (including phenoxy) is 1. The number of halogens is 3. The molecule has 2 amide bonds. The van der Waals surface area contributed by atoms with Gasteiger partial charge in [-0.05, 0) is 63.3 Å². The minimum atomic E-state index is -4.77. The number of hydrogen-bond acceptors (Lipinski definition) is 8. The van der Waals surface area contributed by atoms with E-state index in [4.69, 9.17) is 10.00 Å². The Kier molecular flexibility index (Phi) is 10.5. The van der Waals surface area contributed by atoms with Crippen molar-refractivity contribution in [2.45, 2.75) is 64.4 Å². The minimum absolute atomic E-state index is 0.0593. The highest BCUT2D eigenvalue weighted by molar-refractivity contribution is 5.85. The Morgan fingerprint density at radius 1 is 0.958 bits per heavy atom. The van der Waals surface area contributed by atoms with Crippen LogP contribution in [0.25, 0.3) is 11.3 Å². The van der Waals surface area contributed by atoms with Crippen molar-refractivity contribution in [2.24, 2.45) is 0 Å². The smallest absolute Gasteiger partial charge is 0.444 e. The lowest BCUT2D eigenvalue weighted by Crippen LogP contribution is -2.49. The first-order valence-corrected chi connectivity index (χ1v) is 16.1. The fraction of sp³-hybridized carbons (Fsp3) is 0.457. The van der Waals surface area contributed by atoms with Crippen LogP contribution in [0.2, 0.25) is 0 Å². The van der Waals surface area contributed by atoms with Gasteiger partial charge in [0.25, 0.3) is 0 Å². The van der Waals surface area contributed by atoms with Gasteiger partial charge in [-0.2, -0.15) is 18.4 Å². The zero-order valence-electron chi connectivity index (χ0n) is 27.4. The van der Waals surface area contributed by atoms with Gasteiger partial charge < -0.3 is 19.9 Å². The summed E-state index contributed by atoms with van der Waals surface area (Å²) >= 11 is 0. The molecule has 0 spiro atoms. The second kappa shape index (κ2) is 14.6. The largest absolute Gasteiger partial charge is 0.451 e. The van der Waals surface area contributed by atoms with Crippen molar-refractivity contribution < 1.29 is 27.5 Å². The van der Waals surface area contributed by atoms with Gasteiger partial charge in [0.1, 0.15) is 17.5 Å². The molecule has 1 unspecified atom stereocenters. The number of benzene rings is 2. The number of hydrogen-bond donors (Lipinski definition) is 1. The van der Waals surface area contributed by atoms with E-state index in [0.29, 0.717) is 76.2 Å². The second-order valence-corrected chi connectivity index (χ2v) is 13.1. The number of nitriles is 1. The Hall–Kier alpha value is -4.70.